The first-order valence-electron chi connectivity index (χ1n) is 14.2. The molecule has 0 aliphatic heterocycles. The Hall–Kier alpha value is 0. The molecule has 0 aromatic rings. The van der Waals surface area contributed by atoms with Crippen molar-refractivity contribution in [3.05, 3.63) is 0 Å². The minimum Gasteiger partial charge on any atom is -0.0776 e. The molecule has 37 heavy (non-hydrogen) atoms. The summed E-state index contributed by atoms with van der Waals surface area (Å²) in [5.74, 6) is 3.66. The summed E-state index contributed by atoms with van der Waals surface area (Å²) in [4.78, 5) is 0. The molecule has 1 aliphatic carbocycles. The van der Waals surface area contributed by atoms with Crippen LogP contribution >= 0.6 is 0 Å². The first-order chi connectivity index (χ1) is 14.2. The van der Waals surface area contributed by atoms with Gasteiger partial charge in [0.2, 0.25) is 0 Å². The van der Waals surface area contributed by atoms with E-state index in [2.05, 4.69) is 96.9 Å². The van der Waals surface area contributed by atoms with Crippen molar-refractivity contribution in [2.45, 2.75) is 221 Å². The SMILES string of the molecule is C.C.C.C.C.C.CC.CC.CC(C)C.CC1CCCC1.CCC(C)(C)C.CCC(C)C.CCCC(C)C. The molecule has 1 fully saturated rings. The van der Waals surface area contributed by atoms with E-state index in [-0.39, 0.29) is 44.6 Å². The molecule has 0 bridgehead atoms. The topological polar surface area (TPSA) is 0 Å². The highest BCUT2D eigenvalue weighted by molar-refractivity contribution is 4.60. The van der Waals surface area contributed by atoms with Crippen LogP contribution in [0.4, 0.5) is 0 Å². The average Bonchev–Trinajstić information content (AvgIpc) is 3.16. The lowest BCUT2D eigenvalue weighted by molar-refractivity contribution is 0.398. The van der Waals surface area contributed by atoms with Crippen molar-refractivity contribution in [1.29, 1.82) is 0 Å². The van der Waals surface area contributed by atoms with Crippen LogP contribution in [-0.4, -0.2) is 0 Å². The quantitative estimate of drug-likeness (QED) is 0.332. The average molecular weight is 543 g/mol. The minimum absolute atomic E-state index is 0. The molecule has 0 saturated heterocycles. The van der Waals surface area contributed by atoms with Gasteiger partial charge < -0.3 is 0 Å². The van der Waals surface area contributed by atoms with Crippen molar-refractivity contribution in [3.8, 4) is 0 Å². The van der Waals surface area contributed by atoms with Crippen LogP contribution in [0.3, 0.4) is 0 Å². The molecule has 0 radical (unpaired) electrons. The van der Waals surface area contributed by atoms with Gasteiger partial charge in [0.05, 0.1) is 0 Å². The normalized spacial score (nSPS) is 10.3. The standard InChI is InChI=1S/C6H12.2C6H14.C5H12.C4H10.2C2H6.6CH4/c1-6-4-2-3-5-6;1-5-6(2,3)4;1-4-5-6(2)3;1-4-5(2)3;1-4(2)3;2*1-2;;;;;;/h6H,2-5H2,1H3;5H2,1-4H3;6H,4-5H2,1-3H3;5H,4H2,1-3H3;4H,1-3H3;2*1-2H3;6*1H4. The van der Waals surface area contributed by atoms with Crippen LogP contribution in [0.15, 0.2) is 0 Å². The third-order valence-corrected chi connectivity index (χ3v) is 4.39. The van der Waals surface area contributed by atoms with E-state index < -0.39 is 0 Å². The number of rotatable bonds is 3. The molecule has 0 nitrogen and oxygen atoms in total. The van der Waals surface area contributed by atoms with Gasteiger partial charge in [0.25, 0.3) is 0 Å². The Kier molecular flexibility index (Phi) is 135. The van der Waals surface area contributed by atoms with Gasteiger partial charge in [-0.05, 0) is 29.1 Å². The summed E-state index contributed by atoms with van der Waals surface area (Å²) in [5.41, 5.74) is 0.542. The van der Waals surface area contributed by atoms with Gasteiger partial charge in [-0.25, -0.2) is 0 Å². The lowest BCUT2D eigenvalue weighted by Crippen LogP contribution is -2.00. The maximum atomic E-state index is 2.34. The van der Waals surface area contributed by atoms with Crippen LogP contribution in [0.2, 0.25) is 0 Å². The second-order valence-electron chi connectivity index (χ2n) is 11.0. The summed E-state index contributed by atoms with van der Waals surface area (Å²) in [6.07, 6.45) is 11.2. The Bertz CT molecular complexity index is 220. The molecule has 1 rings (SSSR count). The van der Waals surface area contributed by atoms with E-state index in [1.807, 2.05) is 27.7 Å². The Morgan fingerprint density at radius 2 is 0.811 bits per heavy atom. The summed E-state index contributed by atoms with van der Waals surface area (Å²) < 4.78 is 0. The Morgan fingerprint density at radius 3 is 0.838 bits per heavy atom. The van der Waals surface area contributed by atoms with Crippen molar-refractivity contribution in [1.82, 2.24) is 0 Å². The molecule has 0 heteroatoms. The molecule has 246 valence electrons. The first-order valence-corrected chi connectivity index (χ1v) is 14.2. The summed E-state index contributed by atoms with van der Waals surface area (Å²) in [6, 6.07) is 0. The first kappa shape index (κ1) is 76.7. The van der Waals surface area contributed by atoms with Crippen molar-refractivity contribution < 1.29 is 0 Å². The van der Waals surface area contributed by atoms with Gasteiger partial charge in [0.15, 0.2) is 0 Å². The predicted octanol–water partition coefficient (Wildman–Crippen LogP) is 16.7. The second-order valence-corrected chi connectivity index (χ2v) is 11.0. The zero-order valence-electron chi connectivity index (χ0n) is 26.5. The molecular weight excluding hydrogens is 444 g/mol. The van der Waals surface area contributed by atoms with E-state index in [4.69, 9.17) is 0 Å². The van der Waals surface area contributed by atoms with Gasteiger partial charge in [-0.3, -0.25) is 0 Å². The smallest absolute Gasteiger partial charge is 0.0385 e. The Morgan fingerprint density at radius 1 is 0.595 bits per heavy atom. The van der Waals surface area contributed by atoms with Gasteiger partial charge in [-0.1, -0.05) is 221 Å². The van der Waals surface area contributed by atoms with Crippen LogP contribution < -0.4 is 0 Å². The maximum Gasteiger partial charge on any atom is -0.0385 e. The molecule has 0 atom stereocenters. The van der Waals surface area contributed by atoms with E-state index in [0.717, 1.165) is 23.7 Å². The van der Waals surface area contributed by atoms with Crippen molar-refractivity contribution in [2.75, 3.05) is 0 Å². The number of hydrogen-bond acceptors (Lipinski definition) is 0. The van der Waals surface area contributed by atoms with Gasteiger partial charge in [0, 0.05) is 0 Å². The Labute approximate surface area is 249 Å². The molecular formula is C37H98. The summed E-state index contributed by atoms with van der Waals surface area (Å²) in [7, 11) is 0. The van der Waals surface area contributed by atoms with Crippen LogP contribution in [0, 0.1) is 29.1 Å². The fourth-order valence-electron chi connectivity index (χ4n) is 1.71. The second kappa shape index (κ2) is 65.2. The fourth-order valence-corrected chi connectivity index (χ4v) is 1.71. The van der Waals surface area contributed by atoms with E-state index in [1.54, 1.807) is 0 Å². The molecule has 0 amide bonds. The highest BCUT2D eigenvalue weighted by Crippen LogP contribution is 2.23. The monoisotopic (exact) mass is 543 g/mol. The molecule has 0 heterocycles. The van der Waals surface area contributed by atoms with Gasteiger partial charge >= 0.3 is 0 Å². The molecule has 1 saturated carbocycles. The van der Waals surface area contributed by atoms with Gasteiger partial charge in [-0.15, -0.1) is 0 Å². The highest BCUT2D eigenvalue weighted by Gasteiger charge is 2.07. The zero-order valence-corrected chi connectivity index (χ0v) is 26.5. The summed E-state index contributed by atoms with van der Waals surface area (Å²) in [6.45, 7) is 39.2. The lowest BCUT2D eigenvalue weighted by Gasteiger charge is -2.12. The van der Waals surface area contributed by atoms with Crippen LogP contribution in [0.5, 0.6) is 0 Å². The van der Waals surface area contributed by atoms with E-state index in [0.29, 0.717) is 5.41 Å². The van der Waals surface area contributed by atoms with E-state index in [1.165, 1.54) is 51.4 Å². The predicted molar refractivity (Wildman–Crippen MR) is 196 cm³/mol. The van der Waals surface area contributed by atoms with Gasteiger partial charge in [-0.2, -0.15) is 0 Å². The van der Waals surface area contributed by atoms with Crippen molar-refractivity contribution in [2.24, 2.45) is 29.1 Å². The molecule has 0 spiro atoms. The van der Waals surface area contributed by atoms with Crippen LogP contribution in [0.1, 0.15) is 221 Å². The number of hydrogen-bond donors (Lipinski definition) is 0. The van der Waals surface area contributed by atoms with E-state index >= 15 is 0 Å². The molecule has 0 aromatic carbocycles. The third kappa shape index (κ3) is 185. The maximum absolute atomic E-state index is 2.34. The fraction of sp³-hybridized carbons (Fsp3) is 1.00. The minimum atomic E-state index is 0. The van der Waals surface area contributed by atoms with Gasteiger partial charge in [0.1, 0.15) is 0 Å². The molecule has 0 aromatic heterocycles. The summed E-state index contributed by atoms with van der Waals surface area (Å²) >= 11 is 0. The molecule has 0 N–H and O–H groups in total. The summed E-state index contributed by atoms with van der Waals surface area (Å²) in [5, 5.41) is 0. The lowest BCUT2D eigenvalue weighted by atomic mass is 9.94. The zero-order chi connectivity index (χ0) is 26.5. The third-order valence-electron chi connectivity index (χ3n) is 4.39. The highest BCUT2D eigenvalue weighted by atomic mass is 14.1. The molecule has 0 unspecified atom stereocenters. The van der Waals surface area contributed by atoms with Crippen LogP contribution in [-0.2, 0) is 0 Å². The van der Waals surface area contributed by atoms with Crippen molar-refractivity contribution >= 4 is 0 Å². The van der Waals surface area contributed by atoms with Crippen molar-refractivity contribution in [3.63, 3.8) is 0 Å². The van der Waals surface area contributed by atoms with Crippen LogP contribution in [0.25, 0.3) is 0 Å². The Balaban J connectivity index is -0.0000000197. The van der Waals surface area contributed by atoms with E-state index in [9.17, 15) is 0 Å². The molecule has 1 aliphatic rings. The largest absolute Gasteiger partial charge is 0.0776 e.